The number of nitrogen functional groups attached to an aromatic ring is 1. The van der Waals surface area contributed by atoms with Gasteiger partial charge in [0.15, 0.2) is 0 Å². The van der Waals surface area contributed by atoms with Crippen molar-refractivity contribution in [3.8, 4) is 0 Å². The Morgan fingerprint density at radius 2 is 2.39 bits per heavy atom. The van der Waals surface area contributed by atoms with Crippen LogP contribution in [0.3, 0.4) is 0 Å². The summed E-state index contributed by atoms with van der Waals surface area (Å²) in [5.74, 6) is 0.693. The molecule has 0 aromatic carbocycles. The Morgan fingerprint density at radius 3 is 3.00 bits per heavy atom. The second-order valence-electron chi connectivity index (χ2n) is 4.14. The van der Waals surface area contributed by atoms with Gasteiger partial charge < -0.3 is 20.2 Å². The monoisotopic (exact) mass is 247 g/mol. The number of hydrogen-bond donors (Lipinski definition) is 2. The lowest BCUT2D eigenvalue weighted by Gasteiger charge is -2.16. The van der Waals surface area contributed by atoms with E-state index in [0.717, 1.165) is 5.82 Å². The molecule has 2 aromatic rings. The Hall–Kier alpha value is -2.24. The van der Waals surface area contributed by atoms with Crippen LogP contribution in [0.4, 0.5) is 5.69 Å². The molecule has 2 heterocycles. The summed E-state index contributed by atoms with van der Waals surface area (Å²) in [5, 5.41) is 0. The highest BCUT2D eigenvalue weighted by Crippen LogP contribution is 2.13. The summed E-state index contributed by atoms with van der Waals surface area (Å²) in [6.45, 7) is 3.14. The molecule has 0 aliphatic rings. The van der Waals surface area contributed by atoms with Crippen LogP contribution in [-0.4, -0.2) is 32.4 Å². The van der Waals surface area contributed by atoms with E-state index in [9.17, 15) is 4.79 Å². The lowest BCUT2D eigenvalue weighted by atomic mass is 10.3. The molecule has 18 heavy (non-hydrogen) atoms. The van der Waals surface area contributed by atoms with Gasteiger partial charge in [0.2, 0.25) is 0 Å². The van der Waals surface area contributed by atoms with Gasteiger partial charge in [0.25, 0.3) is 5.91 Å². The van der Waals surface area contributed by atoms with E-state index in [1.54, 1.807) is 36.6 Å². The number of carbonyl (C=O) groups is 1. The van der Waals surface area contributed by atoms with Crippen LogP contribution in [0, 0.1) is 0 Å². The average molecular weight is 247 g/mol. The molecular formula is C12H17N5O. The van der Waals surface area contributed by atoms with Crippen LogP contribution in [0.15, 0.2) is 24.7 Å². The van der Waals surface area contributed by atoms with Crippen molar-refractivity contribution in [2.75, 3.05) is 12.8 Å². The van der Waals surface area contributed by atoms with Crippen molar-refractivity contribution in [3.05, 3.63) is 36.2 Å². The van der Waals surface area contributed by atoms with Gasteiger partial charge in [0.05, 0.1) is 12.2 Å². The number of carbonyl (C=O) groups excluding carboxylic acids is 1. The topological polar surface area (TPSA) is 79.9 Å². The first kappa shape index (κ1) is 12.2. The summed E-state index contributed by atoms with van der Waals surface area (Å²) >= 11 is 0. The number of nitrogens with one attached hydrogen (secondary N) is 1. The fourth-order valence-corrected chi connectivity index (χ4v) is 1.85. The smallest absolute Gasteiger partial charge is 0.270 e. The number of anilines is 1. The molecule has 6 nitrogen and oxygen atoms in total. The molecule has 0 saturated heterocycles. The van der Waals surface area contributed by atoms with Crippen LogP contribution in [-0.2, 0) is 13.1 Å². The lowest BCUT2D eigenvalue weighted by molar-refractivity contribution is 0.0771. The molecule has 0 aliphatic heterocycles. The highest BCUT2D eigenvalue weighted by molar-refractivity contribution is 5.93. The third-order valence-corrected chi connectivity index (χ3v) is 2.77. The molecule has 0 bridgehead atoms. The third-order valence-electron chi connectivity index (χ3n) is 2.77. The summed E-state index contributed by atoms with van der Waals surface area (Å²) < 4.78 is 1.84. The largest absolute Gasteiger partial charge is 0.397 e. The number of H-pyrrole nitrogens is 1. The number of amides is 1. The maximum Gasteiger partial charge on any atom is 0.270 e. The number of nitrogens with zero attached hydrogens (tertiary/aromatic N) is 3. The van der Waals surface area contributed by atoms with Crippen molar-refractivity contribution in [1.82, 2.24) is 19.4 Å². The van der Waals surface area contributed by atoms with Gasteiger partial charge in [-0.25, -0.2) is 4.98 Å². The SMILES string of the molecule is CCn1cc(N)cc1C(=O)N(C)Cc1ncc[nH]1. The molecule has 0 fully saturated rings. The van der Waals surface area contributed by atoms with Gasteiger partial charge in [-0.2, -0.15) is 0 Å². The maximum absolute atomic E-state index is 12.3. The molecule has 1 amide bonds. The molecule has 3 N–H and O–H groups in total. The molecule has 0 unspecified atom stereocenters. The minimum absolute atomic E-state index is 0.0649. The number of aromatic nitrogens is 3. The highest BCUT2D eigenvalue weighted by Gasteiger charge is 2.17. The fraction of sp³-hybridized carbons (Fsp3) is 0.333. The summed E-state index contributed by atoms with van der Waals surface area (Å²) in [7, 11) is 1.74. The molecule has 96 valence electrons. The zero-order valence-corrected chi connectivity index (χ0v) is 10.6. The van der Waals surface area contributed by atoms with Crippen molar-refractivity contribution >= 4 is 11.6 Å². The number of hydrogen-bond acceptors (Lipinski definition) is 3. The van der Waals surface area contributed by atoms with E-state index in [4.69, 9.17) is 5.73 Å². The quantitative estimate of drug-likeness (QED) is 0.848. The Bertz CT molecular complexity index is 529. The van der Waals surface area contributed by atoms with E-state index < -0.39 is 0 Å². The first-order chi connectivity index (χ1) is 8.61. The Morgan fingerprint density at radius 1 is 1.61 bits per heavy atom. The maximum atomic E-state index is 12.3. The number of imidazole rings is 1. The number of aryl methyl sites for hydroxylation is 1. The minimum Gasteiger partial charge on any atom is -0.397 e. The molecular weight excluding hydrogens is 230 g/mol. The van der Waals surface area contributed by atoms with E-state index in [1.165, 1.54) is 0 Å². The van der Waals surface area contributed by atoms with Crippen LogP contribution in [0.25, 0.3) is 0 Å². The number of aromatic amines is 1. The zero-order valence-electron chi connectivity index (χ0n) is 10.6. The molecule has 0 spiro atoms. The summed E-state index contributed by atoms with van der Waals surface area (Å²) in [5.41, 5.74) is 6.92. The van der Waals surface area contributed by atoms with E-state index >= 15 is 0 Å². The molecule has 0 radical (unpaired) electrons. The van der Waals surface area contributed by atoms with Crippen molar-refractivity contribution in [1.29, 1.82) is 0 Å². The van der Waals surface area contributed by atoms with Gasteiger partial charge in [0, 0.05) is 32.2 Å². The number of rotatable bonds is 4. The predicted molar refractivity (Wildman–Crippen MR) is 68.9 cm³/mol. The second kappa shape index (κ2) is 4.95. The van der Waals surface area contributed by atoms with E-state index in [1.807, 2.05) is 11.5 Å². The first-order valence-electron chi connectivity index (χ1n) is 5.81. The Kier molecular flexibility index (Phi) is 3.36. The lowest BCUT2D eigenvalue weighted by Crippen LogP contribution is -2.28. The van der Waals surface area contributed by atoms with Gasteiger partial charge in [-0.05, 0) is 13.0 Å². The van der Waals surface area contributed by atoms with Gasteiger partial charge in [-0.15, -0.1) is 0 Å². The summed E-state index contributed by atoms with van der Waals surface area (Å²) in [6, 6.07) is 1.70. The van der Waals surface area contributed by atoms with Crippen LogP contribution in [0.1, 0.15) is 23.2 Å². The second-order valence-corrected chi connectivity index (χ2v) is 4.14. The molecule has 0 aliphatic carbocycles. The van der Waals surface area contributed by atoms with Crippen LogP contribution in [0.2, 0.25) is 0 Å². The molecule has 2 rings (SSSR count). The first-order valence-corrected chi connectivity index (χ1v) is 5.81. The molecule has 2 aromatic heterocycles. The van der Waals surface area contributed by atoms with Crippen LogP contribution < -0.4 is 5.73 Å². The zero-order chi connectivity index (χ0) is 13.1. The molecule has 0 atom stereocenters. The normalized spacial score (nSPS) is 10.6. The standard InChI is InChI=1S/C12H17N5O/c1-3-17-7-9(13)6-10(17)12(18)16(2)8-11-14-4-5-15-11/h4-7H,3,8,13H2,1-2H3,(H,14,15). The predicted octanol–water partition coefficient (Wildman–Crippen LogP) is 1.09. The van der Waals surface area contributed by atoms with Crippen molar-refractivity contribution in [3.63, 3.8) is 0 Å². The van der Waals surface area contributed by atoms with Crippen LogP contribution in [0.5, 0.6) is 0 Å². The average Bonchev–Trinajstić information content (AvgIpc) is 2.97. The Labute approximate surface area is 105 Å². The van der Waals surface area contributed by atoms with Gasteiger partial charge >= 0.3 is 0 Å². The van der Waals surface area contributed by atoms with Gasteiger partial charge in [0.1, 0.15) is 11.5 Å². The molecule has 6 heteroatoms. The summed E-state index contributed by atoms with van der Waals surface area (Å²) in [6.07, 6.45) is 5.18. The van der Waals surface area contributed by atoms with E-state index in [2.05, 4.69) is 9.97 Å². The Balaban J connectivity index is 2.15. The highest BCUT2D eigenvalue weighted by atomic mass is 16.2. The minimum atomic E-state index is -0.0649. The summed E-state index contributed by atoms with van der Waals surface area (Å²) in [4.78, 5) is 21.0. The van der Waals surface area contributed by atoms with Crippen molar-refractivity contribution in [2.24, 2.45) is 0 Å². The van der Waals surface area contributed by atoms with Crippen molar-refractivity contribution < 1.29 is 4.79 Å². The third kappa shape index (κ3) is 2.37. The van der Waals surface area contributed by atoms with Crippen molar-refractivity contribution in [2.45, 2.75) is 20.0 Å². The van der Waals surface area contributed by atoms with Gasteiger partial charge in [-0.1, -0.05) is 0 Å². The van der Waals surface area contributed by atoms with Gasteiger partial charge in [-0.3, -0.25) is 4.79 Å². The van der Waals surface area contributed by atoms with E-state index in [-0.39, 0.29) is 5.91 Å². The van der Waals surface area contributed by atoms with Crippen LogP contribution >= 0.6 is 0 Å². The fourth-order valence-electron chi connectivity index (χ4n) is 1.85. The number of nitrogens with two attached hydrogens (primary N) is 1. The van der Waals surface area contributed by atoms with E-state index in [0.29, 0.717) is 24.5 Å². The molecule has 0 saturated carbocycles.